The lowest BCUT2D eigenvalue weighted by Crippen LogP contribution is -2.43. The normalized spacial score (nSPS) is 21.5. The van der Waals surface area contributed by atoms with Crippen LogP contribution >= 0.6 is 0 Å². The van der Waals surface area contributed by atoms with Gasteiger partial charge in [-0.1, -0.05) is 13.0 Å². The summed E-state index contributed by atoms with van der Waals surface area (Å²) in [6, 6.07) is 7.76. The first-order chi connectivity index (χ1) is 9.28. The van der Waals surface area contributed by atoms with E-state index in [9.17, 15) is 0 Å². The second kappa shape index (κ2) is 5.51. The predicted octanol–water partition coefficient (Wildman–Crippen LogP) is 2.21. The van der Waals surface area contributed by atoms with Crippen LogP contribution in [0.5, 0.6) is 0 Å². The summed E-state index contributed by atoms with van der Waals surface area (Å²) in [7, 11) is 0. The number of rotatable bonds is 3. The van der Waals surface area contributed by atoms with Crippen LogP contribution in [0.2, 0.25) is 0 Å². The van der Waals surface area contributed by atoms with Crippen molar-refractivity contribution >= 4 is 5.69 Å². The molecular formula is C16H25N3. The molecule has 1 fully saturated rings. The number of benzene rings is 1. The number of hydrogen-bond acceptors (Lipinski definition) is 3. The van der Waals surface area contributed by atoms with Gasteiger partial charge >= 0.3 is 0 Å². The van der Waals surface area contributed by atoms with Gasteiger partial charge in [0.15, 0.2) is 0 Å². The van der Waals surface area contributed by atoms with Gasteiger partial charge < -0.3 is 10.2 Å². The number of piperazine rings is 1. The lowest BCUT2D eigenvalue weighted by atomic mass is 10.1. The molecule has 3 rings (SSSR count). The molecule has 1 aromatic carbocycles. The molecule has 0 radical (unpaired) electrons. The van der Waals surface area contributed by atoms with Gasteiger partial charge in [-0.25, -0.2) is 0 Å². The van der Waals surface area contributed by atoms with Gasteiger partial charge in [-0.2, -0.15) is 0 Å². The zero-order chi connectivity index (χ0) is 13.2. The highest BCUT2D eigenvalue weighted by Gasteiger charge is 2.23. The molecule has 3 heteroatoms. The van der Waals surface area contributed by atoms with Crippen LogP contribution in [0.3, 0.4) is 0 Å². The van der Waals surface area contributed by atoms with Crippen LogP contribution in [-0.4, -0.2) is 37.1 Å². The third-order valence-corrected chi connectivity index (χ3v) is 4.63. The maximum Gasteiger partial charge on any atom is 0.0370 e. The fourth-order valence-electron chi connectivity index (χ4n) is 3.10. The predicted molar refractivity (Wildman–Crippen MR) is 80.5 cm³/mol. The van der Waals surface area contributed by atoms with E-state index >= 15 is 0 Å². The summed E-state index contributed by atoms with van der Waals surface area (Å²) < 4.78 is 0. The Labute approximate surface area is 116 Å². The minimum Gasteiger partial charge on any atom is -0.369 e. The van der Waals surface area contributed by atoms with Gasteiger partial charge in [0, 0.05) is 51.0 Å². The molecule has 1 N–H and O–H groups in total. The Hall–Kier alpha value is -1.06. The zero-order valence-corrected chi connectivity index (χ0v) is 12.2. The van der Waals surface area contributed by atoms with Crippen LogP contribution in [0.4, 0.5) is 5.69 Å². The topological polar surface area (TPSA) is 18.5 Å². The van der Waals surface area contributed by atoms with Gasteiger partial charge in [0.25, 0.3) is 0 Å². The van der Waals surface area contributed by atoms with E-state index in [2.05, 4.69) is 47.2 Å². The van der Waals surface area contributed by atoms with Gasteiger partial charge in [-0.15, -0.1) is 0 Å². The Balaban J connectivity index is 1.75. The van der Waals surface area contributed by atoms with E-state index in [0.29, 0.717) is 6.04 Å². The van der Waals surface area contributed by atoms with Crippen LogP contribution in [-0.2, 0) is 13.1 Å². The van der Waals surface area contributed by atoms with Gasteiger partial charge in [-0.3, -0.25) is 4.90 Å². The van der Waals surface area contributed by atoms with E-state index < -0.39 is 0 Å². The molecule has 1 atom stereocenters. The van der Waals surface area contributed by atoms with E-state index in [0.717, 1.165) is 39.3 Å². The number of fused-ring (bicyclic) bond motifs is 1. The molecule has 2 heterocycles. The second-order valence-corrected chi connectivity index (χ2v) is 5.85. The molecule has 1 unspecified atom stereocenters. The molecule has 2 aliphatic rings. The number of anilines is 1. The van der Waals surface area contributed by atoms with Crippen molar-refractivity contribution in [3.8, 4) is 0 Å². The van der Waals surface area contributed by atoms with E-state index in [1.165, 1.54) is 23.2 Å². The minimum atomic E-state index is 0.690. The molecule has 19 heavy (non-hydrogen) atoms. The minimum absolute atomic E-state index is 0.690. The van der Waals surface area contributed by atoms with E-state index in [4.69, 9.17) is 0 Å². The van der Waals surface area contributed by atoms with Crippen molar-refractivity contribution in [3.05, 3.63) is 29.3 Å². The van der Waals surface area contributed by atoms with Crippen LogP contribution in [0.15, 0.2) is 18.2 Å². The average Bonchev–Trinajstić information content (AvgIpc) is 2.90. The van der Waals surface area contributed by atoms with Crippen molar-refractivity contribution in [1.29, 1.82) is 0 Å². The summed E-state index contributed by atoms with van der Waals surface area (Å²) in [5.41, 5.74) is 4.47. The van der Waals surface area contributed by atoms with Crippen LogP contribution < -0.4 is 10.2 Å². The highest BCUT2D eigenvalue weighted by Crippen LogP contribution is 2.29. The highest BCUT2D eigenvalue weighted by atomic mass is 15.2. The third-order valence-electron chi connectivity index (χ3n) is 4.63. The summed E-state index contributed by atoms with van der Waals surface area (Å²) in [5, 5.41) is 3.42. The molecular weight excluding hydrogens is 234 g/mol. The fourth-order valence-corrected chi connectivity index (χ4v) is 3.10. The van der Waals surface area contributed by atoms with Crippen LogP contribution in [0.25, 0.3) is 0 Å². The molecule has 0 saturated carbocycles. The number of hydrogen-bond donors (Lipinski definition) is 1. The Kier molecular flexibility index (Phi) is 3.76. The first kappa shape index (κ1) is 12.9. The molecule has 0 spiro atoms. The molecule has 0 bridgehead atoms. The summed E-state index contributed by atoms with van der Waals surface area (Å²) in [5.74, 6) is 0. The molecule has 2 aliphatic heterocycles. The molecule has 104 valence electrons. The Bertz CT molecular complexity index is 438. The SMILES string of the molecule is CCC(C)N1Cc2ccc(N3CCNCC3)cc2C1. The summed E-state index contributed by atoms with van der Waals surface area (Å²) in [4.78, 5) is 5.09. The zero-order valence-electron chi connectivity index (χ0n) is 12.2. The molecule has 1 aromatic rings. The van der Waals surface area contributed by atoms with E-state index in [1.54, 1.807) is 0 Å². The van der Waals surface area contributed by atoms with Gasteiger partial charge in [0.2, 0.25) is 0 Å². The fraction of sp³-hybridized carbons (Fsp3) is 0.625. The second-order valence-electron chi connectivity index (χ2n) is 5.85. The smallest absolute Gasteiger partial charge is 0.0370 e. The van der Waals surface area contributed by atoms with Crippen molar-refractivity contribution in [1.82, 2.24) is 10.2 Å². The first-order valence-corrected chi connectivity index (χ1v) is 7.59. The lowest BCUT2D eigenvalue weighted by molar-refractivity contribution is 0.208. The van der Waals surface area contributed by atoms with Crippen molar-refractivity contribution in [3.63, 3.8) is 0 Å². The molecule has 1 saturated heterocycles. The summed E-state index contributed by atoms with van der Waals surface area (Å²) in [6.07, 6.45) is 1.23. The van der Waals surface area contributed by atoms with E-state index in [1.807, 2.05) is 0 Å². The van der Waals surface area contributed by atoms with Crippen LogP contribution in [0, 0.1) is 0 Å². The van der Waals surface area contributed by atoms with Crippen molar-refractivity contribution in [2.75, 3.05) is 31.1 Å². The molecule has 3 nitrogen and oxygen atoms in total. The standard InChI is InChI=1S/C16H25N3/c1-3-13(2)19-11-14-4-5-16(10-15(14)12-19)18-8-6-17-7-9-18/h4-5,10,13,17H,3,6-9,11-12H2,1-2H3. The Morgan fingerprint density at radius 1 is 1.16 bits per heavy atom. The summed E-state index contributed by atoms with van der Waals surface area (Å²) >= 11 is 0. The van der Waals surface area contributed by atoms with Crippen molar-refractivity contribution < 1.29 is 0 Å². The molecule has 0 amide bonds. The average molecular weight is 259 g/mol. The van der Waals surface area contributed by atoms with Crippen LogP contribution in [0.1, 0.15) is 31.4 Å². The number of nitrogens with one attached hydrogen (secondary N) is 1. The van der Waals surface area contributed by atoms with Gasteiger partial charge in [-0.05, 0) is 36.6 Å². The van der Waals surface area contributed by atoms with Gasteiger partial charge in [0.1, 0.15) is 0 Å². The quantitative estimate of drug-likeness (QED) is 0.898. The van der Waals surface area contributed by atoms with Gasteiger partial charge in [0.05, 0.1) is 0 Å². The maximum atomic E-state index is 3.42. The van der Waals surface area contributed by atoms with Crippen molar-refractivity contribution in [2.24, 2.45) is 0 Å². The maximum absolute atomic E-state index is 3.42. The Morgan fingerprint density at radius 3 is 2.63 bits per heavy atom. The lowest BCUT2D eigenvalue weighted by Gasteiger charge is -2.29. The van der Waals surface area contributed by atoms with E-state index in [-0.39, 0.29) is 0 Å². The number of nitrogens with zero attached hydrogens (tertiary/aromatic N) is 2. The monoisotopic (exact) mass is 259 g/mol. The first-order valence-electron chi connectivity index (χ1n) is 7.59. The summed E-state index contributed by atoms with van der Waals surface area (Å²) in [6.45, 7) is 11.4. The Morgan fingerprint density at radius 2 is 1.89 bits per heavy atom. The van der Waals surface area contributed by atoms with Crippen molar-refractivity contribution in [2.45, 2.75) is 39.4 Å². The molecule has 0 aromatic heterocycles. The third kappa shape index (κ3) is 2.63. The highest BCUT2D eigenvalue weighted by molar-refractivity contribution is 5.52. The largest absolute Gasteiger partial charge is 0.369 e. The molecule has 0 aliphatic carbocycles.